The molecule has 0 heterocycles. The van der Waals surface area contributed by atoms with E-state index < -0.39 is 28.5 Å². The van der Waals surface area contributed by atoms with Crippen molar-refractivity contribution in [2.45, 2.75) is 51.2 Å². The van der Waals surface area contributed by atoms with E-state index in [0.717, 1.165) is 36.2 Å². The third-order valence-electron chi connectivity index (χ3n) is 6.35. The maximum absolute atomic E-state index is 13.7. The highest BCUT2D eigenvalue weighted by Crippen LogP contribution is 2.33. The van der Waals surface area contributed by atoms with Crippen LogP contribution in [0.4, 0.5) is 5.69 Å². The lowest BCUT2D eigenvalue weighted by Gasteiger charge is -2.32. The van der Waals surface area contributed by atoms with Gasteiger partial charge in [0.05, 0.1) is 19.1 Å². The summed E-state index contributed by atoms with van der Waals surface area (Å²) in [6.45, 7) is 0.900. The van der Waals surface area contributed by atoms with Crippen LogP contribution in [-0.2, 0) is 26.2 Å². The lowest BCUT2D eigenvalue weighted by atomic mass is 10.1. The lowest BCUT2D eigenvalue weighted by molar-refractivity contribution is -0.139. The Morgan fingerprint density at radius 3 is 2.30 bits per heavy atom. The fraction of sp³-hybridized carbons (Fsp3) is 0.440. The number of methoxy groups -OCH3 is 1. The van der Waals surface area contributed by atoms with Crippen LogP contribution in [0.15, 0.2) is 36.4 Å². The fourth-order valence-electron chi connectivity index (χ4n) is 4.28. The minimum absolute atomic E-state index is 0.0408. The van der Waals surface area contributed by atoms with Gasteiger partial charge in [-0.1, -0.05) is 53.7 Å². The molecule has 1 aliphatic carbocycles. The van der Waals surface area contributed by atoms with Crippen LogP contribution in [0.5, 0.6) is 5.75 Å². The van der Waals surface area contributed by atoms with Crippen LogP contribution in [0.2, 0.25) is 15.1 Å². The van der Waals surface area contributed by atoms with Gasteiger partial charge in [0, 0.05) is 33.2 Å². The number of amides is 2. The molecule has 1 fully saturated rings. The van der Waals surface area contributed by atoms with Crippen molar-refractivity contribution in [2.24, 2.45) is 0 Å². The van der Waals surface area contributed by atoms with Gasteiger partial charge in [-0.05, 0) is 50.1 Å². The standard InChI is InChI=1S/C25H30Cl3N3O5S/c1-16(25(33)29-18-7-4-5-8-18)30(14-19-20(27)9-6-10-21(19)28)24(32)15-31(37(3,34)35)22-13-17(26)11-12-23(22)36-2/h6,9-13,16,18H,4-5,7-8,14-15H2,1-3H3,(H,29,33)/t16-/m1/s1. The highest BCUT2D eigenvalue weighted by atomic mass is 35.5. The average Bonchev–Trinajstić information content (AvgIpc) is 3.34. The molecule has 2 aromatic carbocycles. The molecule has 1 aliphatic rings. The predicted molar refractivity (Wildman–Crippen MR) is 147 cm³/mol. The lowest BCUT2D eigenvalue weighted by Crippen LogP contribution is -2.52. The molecule has 0 aromatic heterocycles. The van der Waals surface area contributed by atoms with E-state index in [2.05, 4.69) is 5.32 Å². The number of anilines is 1. The van der Waals surface area contributed by atoms with Crippen molar-refractivity contribution >= 4 is 62.3 Å². The number of nitrogens with one attached hydrogen (secondary N) is 1. The van der Waals surface area contributed by atoms with Gasteiger partial charge in [-0.3, -0.25) is 13.9 Å². The minimum Gasteiger partial charge on any atom is -0.495 e. The smallest absolute Gasteiger partial charge is 0.244 e. The second kappa shape index (κ2) is 12.6. The molecule has 8 nitrogen and oxygen atoms in total. The zero-order valence-electron chi connectivity index (χ0n) is 20.8. The summed E-state index contributed by atoms with van der Waals surface area (Å²) in [4.78, 5) is 28.2. The Labute approximate surface area is 232 Å². The molecule has 12 heteroatoms. The Morgan fingerprint density at radius 1 is 1.11 bits per heavy atom. The molecule has 0 unspecified atom stereocenters. The zero-order valence-corrected chi connectivity index (χ0v) is 23.9. The zero-order chi connectivity index (χ0) is 27.3. The average molecular weight is 591 g/mol. The Kier molecular flexibility index (Phi) is 9.97. The van der Waals surface area contributed by atoms with Crippen LogP contribution in [-0.4, -0.2) is 57.1 Å². The molecule has 1 N–H and O–H groups in total. The molecule has 37 heavy (non-hydrogen) atoms. The van der Waals surface area contributed by atoms with Gasteiger partial charge in [0.2, 0.25) is 21.8 Å². The maximum atomic E-state index is 13.7. The molecule has 202 valence electrons. The van der Waals surface area contributed by atoms with E-state index in [4.69, 9.17) is 39.5 Å². The van der Waals surface area contributed by atoms with E-state index in [-0.39, 0.29) is 35.0 Å². The molecule has 1 atom stereocenters. The van der Waals surface area contributed by atoms with E-state index in [9.17, 15) is 18.0 Å². The first-order valence-corrected chi connectivity index (χ1v) is 14.7. The number of halogens is 3. The molecule has 1 saturated carbocycles. The number of sulfonamides is 1. The van der Waals surface area contributed by atoms with Crippen LogP contribution < -0.4 is 14.4 Å². The van der Waals surface area contributed by atoms with Gasteiger partial charge >= 0.3 is 0 Å². The topological polar surface area (TPSA) is 96.0 Å². The number of benzene rings is 2. The summed E-state index contributed by atoms with van der Waals surface area (Å²) in [5, 5.41) is 3.92. The predicted octanol–water partition coefficient (Wildman–Crippen LogP) is 4.90. The number of hydrogen-bond acceptors (Lipinski definition) is 5. The first kappa shape index (κ1) is 29.4. The van der Waals surface area contributed by atoms with Gasteiger partial charge in [-0.15, -0.1) is 0 Å². The van der Waals surface area contributed by atoms with Crippen molar-refractivity contribution < 1.29 is 22.7 Å². The van der Waals surface area contributed by atoms with Crippen molar-refractivity contribution in [3.63, 3.8) is 0 Å². The molecule has 0 bridgehead atoms. The van der Waals surface area contributed by atoms with Crippen LogP contribution in [0.1, 0.15) is 38.2 Å². The second-order valence-electron chi connectivity index (χ2n) is 8.97. The van der Waals surface area contributed by atoms with E-state index in [1.807, 2.05) is 0 Å². The van der Waals surface area contributed by atoms with Gasteiger partial charge in [0.1, 0.15) is 18.3 Å². The van der Waals surface area contributed by atoms with Crippen molar-refractivity contribution in [3.05, 3.63) is 57.0 Å². The number of ether oxygens (including phenoxy) is 1. The van der Waals surface area contributed by atoms with E-state index in [0.29, 0.717) is 15.6 Å². The van der Waals surface area contributed by atoms with Crippen LogP contribution in [0, 0.1) is 0 Å². The van der Waals surface area contributed by atoms with E-state index >= 15 is 0 Å². The molecule has 0 spiro atoms. The Morgan fingerprint density at radius 2 is 1.73 bits per heavy atom. The van der Waals surface area contributed by atoms with Crippen molar-refractivity contribution in [1.29, 1.82) is 0 Å². The summed E-state index contributed by atoms with van der Waals surface area (Å²) in [5.74, 6) is -0.748. The Balaban J connectivity index is 1.97. The minimum atomic E-state index is -3.96. The molecule has 0 radical (unpaired) electrons. The van der Waals surface area contributed by atoms with Crippen molar-refractivity contribution in [2.75, 3.05) is 24.2 Å². The second-order valence-corrected chi connectivity index (χ2v) is 12.1. The summed E-state index contributed by atoms with van der Waals surface area (Å²) < 4.78 is 31.8. The van der Waals surface area contributed by atoms with Crippen molar-refractivity contribution in [1.82, 2.24) is 10.2 Å². The first-order chi connectivity index (χ1) is 17.4. The van der Waals surface area contributed by atoms with Gasteiger partial charge < -0.3 is 15.0 Å². The van der Waals surface area contributed by atoms with E-state index in [1.165, 1.54) is 24.1 Å². The fourth-order valence-corrected chi connectivity index (χ4v) is 5.81. The Bertz CT molecular complexity index is 1230. The number of carbonyl (C=O) groups excluding carboxylic acids is 2. The third kappa shape index (κ3) is 7.44. The summed E-state index contributed by atoms with van der Waals surface area (Å²) in [6.07, 6.45) is 4.79. The molecular weight excluding hydrogens is 561 g/mol. The molecule has 2 aromatic rings. The quantitative estimate of drug-likeness (QED) is 0.425. The SMILES string of the molecule is COc1ccc(Cl)cc1N(CC(=O)N(Cc1c(Cl)cccc1Cl)[C@H](C)C(=O)NC1CCCC1)S(C)(=O)=O. The maximum Gasteiger partial charge on any atom is 0.244 e. The molecular formula is C25H30Cl3N3O5S. The van der Waals surface area contributed by atoms with Crippen LogP contribution in [0.25, 0.3) is 0 Å². The van der Waals surface area contributed by atoms with Crippen LogP contribution >= 0.6 is 34.8 Å². The monoisotopic (exact) mass is 589 g/mol. The van der Waals surface area contributed by atoms with E-state index in [1.54, 1.807) is 31.2 Å². The highest BCUT2D eigenvalue weighted by Gasteiger charge is 2.33. The van der Waals surface area contributed by atoms with Crippen LogP contribution in [0.3, 0.4) is 0 Å². The summed E-state index contributed by atoms with van der Waals surface area (Å²) in [7, 11) is -2.57. The largest absolute Gasteiger partial charge is 0.495 e. The summed E-state index contributed by atoms with van der Waals surface area (Å²) >= 11 is 18.9. The molecule has 0 aliphatic heterocycles. The first-order valence-electron chi connectivity index (χ1n) is 11.8. The van der Waals surface area contributed by atoms with Gasteiger partial charge in [-0.25, -0.2) is 8.42 Å². The summed E-state index contributed by atoms with van der Waals surface area (Å²) in [6, 6.07) is 8.52. The summed E-state index contributed by atoms with van der Waals surface area (Å²) in [5.41, 5.74) is 0.551. The Hall–Kier alpha value is -2.20. The number of hydrogen-bond donors (Lipinski definition) is 1. The highest BCUT2D eigenvalue weighted by molar-refractivity contribution is 7.92. The van der Waals surface area contributed by atoms with Gasteiger partial charge in [0.15, 0.2) is 0 Å². The van der Waals surface area contributed by atoms with Crippen molar-refractivity contribution in [3.8, 4) is 5.75 Å². The molecule has 2 amide bonds. The normalized spacial score (nSPS) is 14.8. The third-order valence-corrected chi connectivity index (χ3v) is 8.42. The number of rotatable bonds is 10. The molecule has 0 saturated heterocycles. The van der Waals surface area contributed by atoms with Gasteiger partial charge in [0.25, 0.3) is 0 Å². The number of carbonyl (C=O) groups is 2. The van der Waals surface area contributed by atoms with Gasteiger partial charge in [-0.2, -0.15) is 0 Å². The number of nitrogens with zero attached hydrogens (tertiary/aromatic N) is 2. The molecule has 3 rings (SSSR count).